The van der Waals surface area contributed by atoms with E-state index < -0.39 is 5.56 Å². The summed E-state index contributed by atoms with van der Waals surface area (Å²) in [5.41, 5.74) is 1.36. The van der Waals surface area contributed by atoms with Crippen LogP contribution >= 0.6 is 0 Å². The minimum absolute atomic E-state index is 0.0715. The fourth-order valence-corrected chi connectivity index (χ4v) is 2.08. The van der Waals surface area contributed by atoms with E-state index in [1.54, 1.807) is 36.4 Å². The highest BCUT2D eigenvalue weighted by Gasteiger charge is 2.12. The van der Waals surface area contributed by atoms with Crippen LogP contribution in [0.4, 0.5) is 11.4 Å². The number of azo groups is 1. The van der Waals surface area contributed by atoms with Crippen molar-refractivity contribution in [2.45, 2.75) is 0 Å². The number of hydrogen-bond acceptors (Lipinski definition) is 5. The molecule has 0 atom stereocenters. The number of phenolic OH excluding ortho intramolecular Hbond substituents is 1. The van der Waals surface area contributed by atoms with Crippen LogP contribution in [-0.4, -0.2) is 15.3 Å². The molecule has 0 radical (unpaired) electrons. The fraction of sp³-hybridized carbons (Fsp3) is 0. The average molecular weight is 305 g/mol. The first-order valence-electron chi connectivity index (χ1n) is 6.70. The summed E-state index contributed by atoms with van der Waals surface area (Å²) >= 11 is 0. The summed E-state index contributed by atoms with van der Waals surface area (Å²) in [6.45, 7) is 0. The van der Waals surface area contributed by atoms with Crippen molar-refractivity contribution in [1.29, 1.82) is 5.26 Å². The molecule has 3 aromatic rings. The first kappa shape index (κ1) is 14.3. The number of aromatic hydroxyl groups is 1. The van der Waals surface area contributed by atoms with Gasteiger partial charge in [0.1, 0.15) is 17.5 Å². The minimum Gasteiger partial charge on any atom is -0.508 e. The van der Waals surface area contributed by atoms with Crippen LogP contribution in [0.15, 0.2) is 63.6 Å². The fourth-order valence-electron chi connectivity index (χ4n) is 2.08. The van der Waals surface area contributed by atoms with Gasteiger partial charge >= 0.3 is 0 Å². The molecule has 0 bridgehead atoms. The van der Waals surface area contributed by atoms with Gasteiger partial charge in [0.05, 0.1) is 11.3 Å². The molecule has 23 heavy (non-hydrogen) atoms. The van der Waals surface area contributed by atoms with E-state index in [9.17, 15) is 9.90 Å². The highest BCUT2D eigenvalue weighted by Crippen LogP contribution is 2.29. The number of hydrogen-bond donors (Lipinski definition) is 3. The molecule has 7 nitrogen and oxygen atoms in total. The zero-order valence-corrected chi connectivity index (χ0v) is 11.8. The molecule has 3 N–H and O–H groups in total. The van der Waals surface area contributed by atoms with Crippen molar-refractivity contribution in [3.8, 4) is 23.1 Å². The van der Waals surface area contributed by atoms with Gasteiger partial charge in [-0.3, -0.25) is 15.0 Å². The van der Waals surface area contributed by atoms with Crippen LogP contribution in [0.3, 0.4) is 0 Å². The molecule has 0 saturated carbocycles. The van der Waals surface area contributed by atoms with Gasteiger partial charge in [-0.1, -0.05) is 24.3 Å². The molecule has 0 spiro atoms. The van der Waals surface area contributed by atoms with Crippen molar-refractivity contribution < 1.29 is 5.11 Å². The Kier molecular flexibility index (Phi) is 3.72. The summed E-state index contributed by atoms with van der Waals surface area (Å²) in [4.78, 5) is 11.9. The number of nitrogens with zero attached hydrogens (tertiary/aromatic N) is 3. The molecule has 0 unspecified atom stereocenters. The maximum absolute atomic E-state index is 11.9. The van der Waals surface area contributed by atoms with Crippen molar-refractivity contribution in [2.75, 3.05) is 0 Å². The summed E-state index contributed by atoms with van der Waals surface area (Å²) in [5.74, 6) is 0.0715. The van der Waals surface area contributed by atoms with E-state index in [2.05, 4.69) is 20.4 Å². The topological polar surface area (TPSA) is 117 Å². The Morgan fingerprint density at radius 1 is 1.04 bits per heavy atom. The first-order valence-corrected chi connectivity index (χ1v) is 6.70. The molecule has 3 rings (SSSR count). The van der Waals surface area contributed by atoms with Crippen LogP contribution in [0.2, 0.25) is 0 Å². The van der Waals surface area contributed by atoms with E-state index in [0.29, 0.717) is 22.5 Å². The van der Waals surface area contributed by atoms with Crippen molar-refractivity contribution in [1.82, 2.24) is 10.2 Å². The van der Waals surface area contributed by atoms with Crippen LogP contribution in [0.5, 0.6) is 5.75 Å². The van der Waals surface area contributed by atoms with Crippen molar-refractivity contribution in [2.24, 2.45) is 10.2 Å². The smallest absolute Gasteiger partial charge is 0.292 e. The van der Waals surface area contributed by atoms with Gasteiger partial charge in [0.25, 0.3) is 5.56 Å². The van der Waals surface area contributed by atoms with Gasteiger partial charge in [-0.25, -0.2) is 0 Å². The molecular formula is C16H11N5O2. The highest BCUT2D eigenvalue weighted by atomic mass is 16.3. The van der Waals surface area contributed by atoms with Gasteiger partial charge in [-0.15, -0.1) is 10.2 Å². The lowest BCUT2D eigenvalue weighted by atomic mass is 10.1. The molecule has 0 saturated heterocycles. The Morgan fingerprint density at radius 3 is 2.65 bits per heavy atom. The van der Waals surface area contributed by atoms with Gasteiger partial charge in [-0.05, 0) is 24.3 Å². The standard InChI is InChI=1S/C16H11N5O2/c17-9-11-4-1-2-7-13(11)18-20-15-14(19-21-16(15)23)10-5-3-6-12(22)8-10/h1-8,22H,(H2,19,21,23). The maximum Gasteiger partial charge on any atom is 0.292 e. The van der Waals surface area contributed by atoms with Crippen LogP contribution in [0.25, 0.3) is 11.3 Å². The first-order chi connectivity index (χ1) is 11.2. The zero-order valence-electron chi connectivity index (χ0n) is 11.8. The van der Waals surface area contributed by atoms with Crippen molar-refractivity contribution in [3.05, 3.63) is 64.4 Å². The van der Waals surface area contributed by atoms with Gasteiger partial charge in [0.2, 0.25) is 0 Å². The van der Waals surface area contributed by atoms with Crippen LogP contribution in [-0.2, 0) is 0 Å². The van der Waals surface area contributed by atoms with E-state index in [4.69, 9.17) is 5.26 Å². The Labute approximate surface area is 130 Å². The number of rotatable bonds is 3. The molecular weight excluding hydrogens is 294 g/mol. The molecule has 0 aliphatic rings. The summed E-state index contributed by atoms with van der Waals surface area (Å²) in [6.07, 6.45) is 0. The highest BCUT2D eigenvalue weighted by molar-refractivity contribution is 5.72. The molecule has 0 aliphatic carbocycles. The van der Waals surface area contributed by atoms with E-state index >= 15 is 0 Å². The molecule has 2 aromatic carbocycles. The molecule has 7 heteroatoms. The van der Waals surface area contributed by atoms with E-state index in [1.165, 1.54) is 12.1 Å². The van der Waals surface area contributed by atoms with Crippen LogP contribution < -0.4 is 5.56 Å². The predicted molar refractivity (Wildman–Crippen MR) is 83.8 cm³/mol. The van der Waals surface area contributed by atoms with Crippen molar-refractivity contribution in [3.63, 3.8) is 0 Å². The largest absolute Gasteiger partial charge is 0.508 e. The number of phenols is 1. The zero-order chi connectivity index (χ0) is 16.2. The molecule has 1 aromatic heterocycles. The molecule has 0 amide bonds. The monoisotopic (exact) mass is 305 g/mol. The summed E-state index contributed by atoms with van der Waals surface area (Å²) in [5, 5.41) is 31.7. The molecule has 0 aliphatic heterocycles. The van der Waals surface area contributed by atoms with E-state index in [1.807, 2.05) is 6.07 Å². The normalized spacial score (nSPS) is 10.7. The summed E-state index contributed by atoms with van der Waals surface area (Å²) in [7, 11) is 0. The second kappa shape index (κ2) is 5.99. The Hall–Kier alpha value is -3.66. The van der Waals surface area contributed by atoms with Crippen LogP contribution in [0.1, 0.15) is 5.56 Å². The van der Waals surface area contributed by atoms with Gasteiger partial charge in [0.15, 0.2) is 5.69 Å². The lowest BCUT2D eigenvalue weighted by Crippen LogP contribution is -1.96. The third-order valence-electron chi connectivity index (χ3n) is 3.17. The van der Waals surface area contributed by atoms with Gasteiger partial charge < -0.3 is 5.11 Å². The van der Waals surface area contributed by atoms with Gasteiger partial charge in [0, 0.05) is 5.56 Å². The second-order valence-electron chi connectivity index (χ2n) is 4.68. The Balaban J connectivity index is 2.05. The maximum atomic E-state index is 11.9. The number of nitrogens with one attached hydrogen (secondary N) is 2. The SMILES string of the molecule is N#Cc1ccccc1N=Nc1c(-c2cccc(O)c2)[nH][nH]c1=O. The van der Waals surface area contributed by atoms with Crippen LogP contribution in [0, 0.1) is 11.3 Å². The summed E-state index contributed by atoms with van der Waals surface area (Å²) < 4.78 is 0. The number of aromatic amines is 2. The lowest BCUT2D eigenvalue weighted by molar-refractivity contribution is 0.475. The second-order valence-corrected chi connectivity index (χ2v) is 4.68. The Bertz CT molecular complexity index is 978. The number of aromatic nitrogens is 2. The summed E-state index contributed by atoms with van der Waals surface area (Å²) in [6, 6.07) is 15.1. The number of H-pyrrole nitrogens is 2. The lowest BCUT2D eigenvalue weighted by Gasteiger charge is -2.00. The third-order valence-corrected chi connectivity index (χ3v) is 3.17. The van der Waals surface area contributed by atoms with E-state index in [-0.39, 0.29) is 11.4 Å². The predicted octanol–water partition coefficient (Wildman–Crippen LogP) is 3.36. The Morgan fingerprint density at radius 2 is 1.87 bits per heavy atom. The minimum atomic E-state index is -0.443. The van der Waals surface area contributed by atoms with Crippen molar-refractivity contribution >= 4 is 11.4 Å². The molecule has 1 heterocycles. The third kappa shape index (κ3) is 2.87. The van der Waals surface area contributed by atoms with E-state index in [0.717, 1.165) is 0 Å². The van der Waals surface area contributed by atoms with Gasteiger partial charge in [-0.2, -0.15) is 5.26 Å². The average Bonchev–Trinajstić information content (AvgIpc) is 2.94. The number of nitriles is 1. The number of benzene rings is 2. The molecule has 0 fully saturated rings. The quantitative estimate of drug-likeness (QED) is 0.644. The molecule has 112 valence electrons.